The number of ether oxygens (including phenoxy) is 1. The number of ketones is 1. The summed E-state index contributed by atoms with van der Waals surface area (Å²) in [6.07, 6.45) is 0. The second-order valence-electron chi connectivity index (χ2n) is 5.80. The van der Waals surface area contributed by atoms with E-state index >= 15 is 0 Å². The first-order chi connectivity index (χ1) is 12.7. The van der Waals surface area contributed by atoms with Crippen molar-refractivity contribution in [2.45, 2.75) is 31.4 Å². The number of hydrogen-bond donors (Lipinski definition) is 1. The van der Waals surface area contributed by atoms with Crippen molar-refractivity contribution in [2.24, 2.45) is 0 Å². The van der Waals surface area contributed by atoms with Gasteiger partial charge in [0.15, 0.2) is 5.78 Å². The van der Waals surface area contributed by atoms with Crippen LogP contribution in [0.15, 0.2) is 53.4 Å². The van der Waals surface area contributed by atoms with E-state index in [1.807, 2.05) is 6.07 Å². The SMILES string of the molecule is CC(=O)c1ccc(S(=O)(=O)N[C@@H](C)C(=O)OCc2ccccc2C#N)cc1. The highest BCUT2D eigenvalue weighted by atomic mass is 32.2. The lowest BCUT2D eigenvalue weighted by molar-refractivity contribution is -0.146. The number of nitriles is 1. The normalized spacial score (nSPS) is 12.0. The summed E-state index contributed by atoms with van der Waals surface area (Å²) in [5.74, 6) is -0.951. The maximum Gasteiger partial charge on any atom is 0.324 e. The summed E-state index contributed by atoms with van der Waals surface area (Å²) in [7, 11) is -3.96. The molecule has 7 nitrogen and oxygen atoms in total. The molecule has 1 atom stereocenters. The van der Waals surface area contributed by atoms with Crippen molar-refractivity contribution in [1.29, 1.82) is 5.26 Å². The minimum absolute atomic E-state index is 0.0676. The van der Waals surface area contributed by atoms with Crippen molar-refractivity contribution in [3.8, 4) is 6.07 Å². The molecule has 0 unspecified atom stereocenters. The molecule has 1 N–H and O–H groups in total. The van der Waals surface area contributed by atoms with Crippen LogP contribution in [0.5, 0.6) is 0 Å². The maximum atomic E-state index is 12.4. The monoisotopic (exact) mass is 386 g/mol. The zero-order valence-electron chi connectivity index (χ0n) is 14.8. The van der Waals surface area contributed by atoms with E-state index in [2.05, 4.69) is 4.72 Å². The topological polar surface area (TPSA) is 113 Å². The first-order valence-electron chi connectivity index (χ1n) is 8.02. The first-order valence-corrected chi connectivity index (χ1v) is 9.51. The van der Waals surface area contributed by atoms with E-state index in [-0.39, 0.29) is 17.3 Å². The van der Waals surface area contributed by atoms with E-state index in [1.165, 1.54) is 38.1 Å². The maximum absolute atomic E-state index is 12.4. The highest BCUT2D eigenvalue weighted by Crippen LogP contribution is 2.13. The van der Waals surface area contributed by atoms with E-state index in [0.29, 0.717) is 16.7 Å². The fourth-order valence-electron chi connectivity index (χ4n) is 2.25. The van der Waals surface area contributed by atoms with Gasteiger partial charge in [0.25, 0.3) is 0 Å². The molecular weight excluding hydrogens is 368 g/mol. The van der Waals surface area contributed by atoms with E-state index in [9.17, 15) is 18.0 Å². The molecule has 2 rings (SSSR count). The second-order valence-corrected chi connectivity index (χ2v) is 7.51. The van der Waals surface area contributed by atoms with Crippen molar-refractivity contribution in [3.05, 3.63) is 65.2 Å². The number of sulfonamides is 1. The van der Waals surface area contributed by atoms with Crippen molar-refractivity contribution < 1.29 is 22.7 Å². The van der Waals surface area contributed by atoms with Crippen LogP contribution in [0.2, 0.25) is 0 Å². The zero-order chi connectivity index (χ0) is 20.0. The molecule has 0 amide bonds. The molecule has 2 aromatic rings. The van der Waals surface area contributed by atoms with Crippen LogP contribution in [-0.2, 0) is 26.2 Å². The Morgan fingerprint density at radius 1 is 1.15 bits per heavy atom. The van der Waals surface area contributed by atoms with Gasteiger partial charge in [0.2, 0.25) is 10.0 Å². The molecule has 0 aliphatic carbocycles. The van der Waals surface area contributed by atoms with Crippen molar-refractivity contribution in [1.82, 2.24) is 4.72 Å². The summed E-state index contributed by atoms with van der Waals surface area (Å²) in [4.78, 5) is 23.3. The standard InChI is InChI=1S/C19H18N2O5S/c1-13(19(23)26-12-17-6-4-3-5-16(17)11-20)21-27(24,25)18-9-7-15(8-10-18)14(2)22/h3-10,13,21H,12H2,1-2H3/t13-/m0/s1. The van der Waals surface area contributed by atoms with Crippen LogP contribution in [0.25, 0.3) is 0 Å². The molecule has 0 saturated heterocycles. The second kappa shape index (κ2) is 8.58. The molecule has 0 aliphatic heterocycles. The highest BCUT2D eigenvalue weighted by Gasteiger charge is 2.23. The fourth-order valence-corrected chi connectivity index (χ4v) is 3.44. The van der Waals surface area contributed by atoms with Gasteiger partial charge >= 0.3 is 5.97 Å². The molecule has 27 heavy (non-hydrogen) atoms. The van der Waals surface area contributed by atoms with Gasteiger partial charge in [-0.15, -0.1) is 0 Å². The molecule has 2 aromatic carbocycles. The Morgan fingerprint density at radius 3 is 2.37 bits per heavy atom. The number of nitrogens with one attached hydrogen (secondary N) is 1. The summed E-state index contributed by atoms with van der Waals surface area (Å²) >= 11 is 0. The van der Waals surface area contributed by atoms with Crippen LogP contribution in [0.3, 0.4) is 0 Å². The van der Waals surface area contributed by atoms with E-state index in [1.54, 1.807) is 24.3 Å². The highest BCUT2D eigenvalue weighted by molar-refractivity contribution is 7.89. The Labute approximate surface area is 157 Å². The third-order valence-electron chi connectivity index (χ3n) is 3.76. The molecule has 0 heterocycles. The lowest BCUT2D eigenvalue weighted by Crippen LogP contribution is -2.39. The summed E-state index contributed by atoms with van der Waals surface area (Å²) in [5, 5.41) is 9.02. The summed E-state index contributed by atoms with van der Waals surface area (Å²) in [6.45, 7) is 2.60. The molecule has 0 aliphatic rings. The van der Waals surface area contributed by atoms with Crippen LogP contribution < -0.4 is 4.72 Å². The minimum atomic E-state index is -3.96. The predicted molar refractivity (Wildman–Crippen MR) is 97.2 cm³/mol. The molecule has 0 saturated carbocycles. The Bertz CT molecular complexity index is 992. The molecular formula is C19H18N2O5S. The Hall–Kier alpha value is -3.02. The molecule has 0 radical (unpaired) electrons. The average molecular weight is 386 g/mol. The van der Waals surface area contributed by atoms with Gasteiger partial charge < -0.3 is 4.74 Å². The lowest BCUT2D eigenvalue weighted by Gasteiger charge is -2.14. The van der Waals surface area contributed by atoms with E-state index in [4.69, 9.17) is 10.00 Å². The van der Waals surface area contributed by atoms with Gasteiger partial charge in [0.05, 0.1) is 16.5 Å². The predicted octanol–water partition coefficient (Wildman–Crippen LogP) is 2.17. The van der Waals surface area contributed by atoms with Crippen LogP contribution in [-0.4, -0.2) is 26.2 Å². The fraction of sp³-hybridized carbons (Fsp3) is 0.211. The van der Waals surface area contributed by atoms with Gasteiger partial charge in [-0.2, -0.15) is 9.98 Å². The van der Waals surface area contributed by atoms with Crippen LogP contribution in [0, 0.1) is 11.3 Å². The van der Waals surface area contributed by atoms with Gasteiger partial charge in [-0.05, 0) is 32.0 Å². The molecule has 0 bridgehead atoms. The summed E-state index contributed by atoms with van der Waals surface area (Å²) in [6, 6.07) is 12.9. The van der Waals surface area contributed by atoms with Crippen molar-refractivity contribution >= 4 is 21.8 Å². The van der Waals surface area contributed by atoms with Crippen LogP contribution in [0.1, 0.15) is 35.3 Å². The molecule has 140 valence electrons. The number of rotatable bonds is 7. The number of Topliss-reactive ketones (excluding diaryl/α,β-unsaturated/α-hetero) is 1. The molecule has 0 spiro atoms. The molecule has 0 aromatic heterocycles. The number of nitrogens with zero attached hydrogens (tertiary/aromatic N) is 1. The minimum Gasteiger partial charge on any atom is -0.460 e. The number of benzene rings is 2. The van der Waals surface area contributed by atoms with Crippen molar-refractivity contribution in [3.63, 3.8) is 0 Å². The first kappa shape index (κ1) is 20.3. The average Bonchev–Trinajstić information content (AvgIpc) is 2.65. The van der Waals surface area contributed by atoms with Gasteiger partial charge in [-0.1, -0.05) is 30.3 Å². The Morgan fingerprint density at radius 2 is 1.78 bits per heavy atom. The lowest BCUT2D eigenvalue weighted by atomic mass is 10.1. The molecule has 0 fully saturated rings. The van der Waals surface area contributed by atoms with Crippen molar-refractivity contribution in [2.75, 3.05) is 0 Å². The third kappa shape index (κ3) is 5.23. The quantitative estimate of drug-likeness (QED) is 0.576. The van der Waals surface area contributed by atoms with E-state index in [0.717, 1.165) is 0 Å². The van der Waals surface area contributed by atoms with Gasteiger partial charge in [0, 0.05) is 11.1 Å². The van der Waals surface area contributed by atoms with Gasteiger partial charge in [0.1, 0.15) is 12.6 Å². The smallest absolute Gasteiger partial charge is 0.324 e. The Kier molecular flexibility index (Phi) is 6.45. The molecule has 8 heteroatoms. The number of hydrogen-bond acceptors (Lipinski definition) is 6. The van der Waals surface area contributed by atoms with Crippen LogP contribution >= 0.6 is 0 Å². The summed E-state index contributed by atoms with van der Waals surface area (Å²) < 4.78 is 32.0. The zero-order valence-corrected chi connectivity index (χ0v) is 15.6. The Balaban J connectivity index is 2.02. The number of esters is 1. The largest absolute Gasteiger partial charge is 0.460 e. The summed E-state index contributed by atoms with van der Waals surface area (Å²) in [5.41, 5.74) is 1.30. The van der Waals surface area contributed by atoms with Gasteiger partial charge in [-0.3, -0.25) is 9.59 Å². The number of carbonyl (C=O) groups is 2. The van der Waals surface area contributed by atoms with Crippen LogP contribution in [0.4, 0.5) is 0 Å². The van der Waals surface area contributed by atoms with Gasteiger partial charge in [-0.25, -0.2) is 8.42 Å². The third-order valence-corrected chi connectivity index (χ3v) is 5.32. The number of carbonyl (C=O) groups excluding carboxylic acids is 2. The van der Waals surface area contributed by atoms with E-state index < -0.39 is 22.0 Å².